The van der Waals surface area contributed by atoms with E-state index in [0.29, 0.717) is 0 Å². The van der Waals surface area contributed by atoms with Crippen LogP contribution in [0.5, 0.6) is 0 Å². The van der Waals surface area contributed by atoms with Crippen molar-refractivity contribution in [3.63, 3.8) is 0 Å². The maximum absolute atomic E-state index is 11.7. The largest absolute Gasteiger partial charge is 0.315 e. The molecular formula is C10H22N2O2S. The average molecular weight is 234 g/mol. The van der Waals surface area contributed by atoms with E-state index < -0.39 is 10.0 Å². The maximum Gasteiger partial charge on any atom is 0.211 e. The lowest BCUT2D eigenvalue weighted by molar-refractivity contribution is 0.341. The normalized spacial score (nSPS) is 25.7. The van der Waals surface area contributed by atoms with E-state index in [1.54, 1.807) is 0 Å². The monoisotopic (exact) mass is 234 g/mol. The van der Waals surface area contributed by atoms with Gasteiger partial charge in [0.25, 0.3) is 0 Å². The second kappa shape index (κ2) is 4.80. The Hall–Kier alpha value is -0.130. The molecular weight excluding hydrogens is 212 g/mol. The van der Waals surface area contributed by atoms with Crippen LogP contribution in [0, 0.1) is 5.41 Å². The zero-order chi connectivity index (χ0) is 11.5. The van der Waals surface area contributed by atoms with Crippen LogP contribution in [-0.2, 0) is 10.0 Å². The Balaban J connectivity index is 2.54. The van der Waals surface area contributed by atoms with Crippen LogP contribution in [0.2, 0.25) is 0 Å². The lowest BCUT2D eigenvalue weighted by Gasteiger charge is -2.26. The first-order valence-corrected chi connectivity index (χ1v) is 7.23. The van der Waals surface area contributed by atoms with Crippen LogP contribution in [0.15, 0.2) is 0 Å². The summed E-state index contributed by atoms with van der Waals surface area (Å²) in [6.45, 7) is 7.77. The molecule has 0 aromatic carbocycles. The summed E-state index contributed by atoms with van der Waals surface area (Å²) in [7, 11) is -3.09. The molecule has 1 heterocycles. The fraction of sp³-hybridized carbons (Fsp3) is 1.00. The average Bonchev–Trinajstić information content (AvgIpc) is 2.42. The summed E-state index contributed by atoms with van der Waals surface area (Å²) >= 11 is 0. The molecule has 0 radical (unpaired) electrons. The van der Waals surface area contributed by atoms with Crippen molar-refractivity contribution in [2.75, 3.05) is 18.8 Å². The summed E-state index contributed by atoms with van der Waals surface area (Å²) < 4.78 is 26.2. The highest BCUT2D eigenvalue weighted by Crippen LogP contribution is 2.24. The Bertz CT molecular complexity index is 299. The van der Waals surface area contributed by atoms with Crippen molar-refractivity contribution in [3.8, 4) is 0 Å². The van der Waals surface area contributed by atoms with Crippen molar-refractivity contribution in [3.05, 3.63) is 0 Å². The number of sulfonamides is 1. The van der Waals surface area contributed by atoms with Gasteiger partial charge >= 0.3 is 0 Å². The van der Waals surface area contributed by atoms with Crippen molar-refractivity contribution >= 4 is 10.0 Å². The minimum atomic E-state index is -3.09. The Morgan fingerprint density at radius 1 is 1.47 bits per heavy atom. The second-order valence-corrected chi connectivity index (χ2v) is 6.84. The van der Waals surface area contributed by atoms with Gasteiger partial charge in [0.05, 0.1) is 5.75 Å². The van der Waals surface area contributed by atoms with Crippen molar-refractivity contribution in [2.24, 2.45) is 5.41 Å². The van der Waals surface area contributed by atoms with Crippen LogP contribution in [-0.4, -0.2) is 33.3 Å². The molecule has 1 atom stereocenters. The Morgan fingerprint density at radius 2 is 2.13 bits per heavy atom. The molecule has 0 aliphatic carbocycles. The quantitative estimate of drug-likeness (QED) is 0.736. The molecule has 1 aliphatic rings. The number of unbranched alkanes of at least 4 members (excludes halogenated alkanes) is 1. The minimum Gasteiger partial charge on any atom is -0.315 e. The van der Waals surface area contributed by atoms with E-state index in [1.165, 1.54) is 0 Å². The van der Waals surface area contributed by atoms with Crippen LogP contribution in [0.1, 0.15) is 33.6 Å². The van der Waals surface area contributed by atoms with E-state index >= 15 is 0 Å². The molecule has 0 amide bonds. The molecule has 90 valence electrons. The minimum absolute atomic E-state index is 0.0132. The van der Waals surface area contributed by atoms with Crippen molar-refractivity contribution < 1.29 is 8.42 Å². The molecule has 2 N–H and O–H groups in total. The van der Waals surface area contributed by atoms with Gasteiger partial charge < -0.3 is 5.32 Å². The van der Waals surface area contributed by atoms with E-state index in [0.717, 1.165) is 25.9 Å². The smallest absolute Gasteiger partial charge is 0.211 e. The van der Waals surface area contributed by atoms with E-state index in [9.17, 15) is 8.42 Å². The molecule has 0 spiro atoms. The zero-order valence-corrected chi connectivity index (χ0v) is 10.7. The predicted octanol–water partition coefficient (Wildman–Crippen LogP) is 0.704. The summed E-state index contributed by atoms with van der Waals surface area (Å²) in [5.74, 6) is 0.246. The van der Waals surface area contributed by atoms with Gasteiger partial charge in [0.2, 0.25) is 10.0 Å². The fourth-order valence-corrected chi connectivity index (χ4v) is 3.37. The third-order valence-electron chi connectivity index (χ3n) is 2.96. The van der Waals surface area contributed by atoms with Crippen LogP contribution in [0.4, 0.5) is 0 Å². The maximum atomic E-state index is 11.7. The van der Waals surface area contributed by atoms with Crippen LogP contribution < -0.4 is 10.0 Å². The Kier molecular flexibility index (Phi) is 4.14. The lowest BCUT2D eigenvalue weighted by Crippen LogP contribution is -2.45. The van der Waals surface area contributed by atoms with Gasteiger partial charge in [0.1, 0.15) is 0 Å². The molecule has 1 saturated heterocycles. The zero-order valence-electron chi connectivity index (χ0n) is 9.84. The van der Waals surface area contributed by atoms with E-state index in [-0.39, 0.29) is 17.2 Å². The van der Waals surface area contributed by atoms with Crippen molar-refractivity contribution in [1.29, 1.82) is 0 Å². The van der Waals surface area contributed by atoms with Crippen LogP contribution in [0.3, 0.4) is 0 Å². The number of hydrogen-bond acceptors (Lipinski definition) is 3. The molecule has 15 heavy (non-hydrogen) atoms. The van der Waals surface area contributed by atoms with Gasteiger partial charge in [-0.05, 0) is 11.8 Å². The van der Waals surface area contributed by atoms with E-state index in [1.807, 2.05) is 6.92 Å². The molecule has 0 saturated carbocycles. The molecule has 1 rings (SSSR count). The van der Waals surface area contributed by atoms with Gasteiger partial charge in [-0.15, -0.1) is 0 Å². The van der Waals surface area contributed by atoms with Crippen molar-refractivity contribution in [1.82, 2.24) is 10.0 Å². The summed E-state index contributed by atoms with van der Waals surface area (Å²) in [6.07, 6.45) is 1.64. The summed E-state index contributed by atoms with van der Waals surface area (Å²) in [4.78, 5) is 0. The first-order valence-electron chi connectivity index (χ1n) is 5.58. The lowest BCUT2D eigenvalue weighted by atomic mass is 9.89. The van der Waals surface area contributed by atoms with Gasteiger partial charge in [-0.2, -0.15) is 0 Å². The second-order valence-electron chi connectivity index (χ2n) is 4.96. The third kappa shape index (κ3) is 3.74. The van der Waals surface area contributed by atoms with Gasteiger partial charge in [0, 0.05) is 19.1 Å². The topological polar surface area (TPSA) is 58.2 Å². The summed E-state index contributed by atoms with van der Waals surface area (Å²) in [5, 5.41) is 3.21. The van der Waals surface area contributed by atoms with E-state index in [2.05, 4.69) is 23.9 Å². The Labute approximate surface area is 92.9 Å². The van der Waals surface area contributed by atoms with Gasteiger partial charge in [-0.1, -0.05) is 27.2 Å². The number of rotatable bonds is 5. The predicted molar refractivity (Wildman–Crippen MR) is 62.3 cm³/mol. The standard InChI is InChI=1S/C10H22N2O2S/c1-4-5-6-15(13,14)12-9-7-11-8-10(9,2)3/h9,11-12H,4-8H2,1-3H3. The van der Waals surface area contributed by atoms with Gasteiger partial charge in [0.15, 0.2) is 0 Å². The fourth-order valence-electron chi connectivity index (χ4n) is 1.75. The molecule has 1 fully saturated rings. The van der Waals surface area contributed by atoms with E-state index in [4.69, 9.17) is 0 Å². The highest BCUT2D eigenvalue weighted by Gasteiger charge is 2.36. The summed E-state index contributed by atoms with van der Waals surface area (Å²) in [6, 6.07) is 0.0272. The molecule has 0 aromatic heterocycles. The molecule has 0 bridgehead atoms. The molecule has 0 aromatic rings. The molecule has 1 aliphatic heterocycles. The number of nitrogens with one attached hydrogen (secondary N) is 2. The van der Waals surface area contributed by atoms with Crippen LogP contribution >= 0.6 is 0 Å². The SMILES string of the molecule is CCCCS(=O)(=O)NC1CNCC1(C)C. The highest BCUT2D eigenvalue weighted by molar-refractivity contribution is 7.89. The van der Waals surface area contributed by atoms with Gasteiger partial charge in [-0.25, -0.2) is 13.1 Å². The first kappa shape index (κ1) is 12.9. The molecule has 5 heteroatoms. The first-order chi connectivity index (χ1) is 6.87. The molecule has 4 nitrogen and oxygen atoms in total. The summed E-state index contributed by atoms with van der Waals surface area (Å²) in [5.41, 5.74) is 0.0132. The molecule has 1 unspecified atom stereocenters. The highest BCUT2D eigenvalue weighted by atomic mass is 32.2. The van der Waals surface area contributed by atoms with Crippen molar-refractivity contribution in [2.45, 2.75) is 39.7 Å². The third-order valence-corrected chi connectivity index (χ3v) is 4.43. The van der Waals surface area contributed by atoms with Gasteiger partial charge in [-0.3, -0.25) is 0 Å². The van der Waals surface area contributed by atoms with Crippen LogP contribution in [0.25, 0.3) is 0 Å². The Morgan fingerprint density at radius 3 is 2.60 bits per heavy atom. The number of hydrogen-bond donors (Lipinski definition) is 2.